The number of imidazole rings is 1. The van der Waals surface area contributed by atoms with E-state index in [2.05, 4.69) is 39.2 Å². The number of rotatable bonds is 8. The molecule has 1 atom stereocenters. The molecule has 3 heterocycles. The van der Waals surface area contributed by atoms with E-state index in [4.69, 9.17) is 4.74 Å². The van der Waals surface area contributed by atoms with E-state index in [0.717, 1.165) is 18.0 Å². The lowest BCUT2D eigenvalue weighted by Crippen LogP contribution is -2.52. The fourth-order valence-corrected chi connectivity index (χ4v) is 5.29. The van der Waals surface area contributed by atoms with Crippen LogP contribution in [-0.2, 0) is 13.0 Å². The minimum atomic E-state index is -0.413. The summed E-state index contributed by atoms with van der Waals surface area (Å²) in [5.41, 5.74) is 3.66. The first-order chi connectivity index (χ1) is 19.2. The first kappa shape index (κ1) is 30.1. The van der Waals surface area contributed by atoms with Crippen molar-refractivity contribution < 1.29 is 18.3 Å². The van der Waals surface area contributed by atoms with E-state index in [9.17, 15) is 9.18 Å². The lowest BCUT2D eigenvalue weighted by Gasteiger charge is -2.42. The second kappa shape index (κ2) is 12.8. The third kappa shape index (κ3) is 6.56. The average Bonchev–Trinajstić information content (AvgIpc) is 3.30. The largest absolute Gasteiger partial charge is 0.491 e. The summed E-state index contributed by atoms with van der Waals surface area (Å²) >= 11 is 0. The van der Waals surface area contributed by atoms with Crippen molar-refractivity contribution in [2.24, 2.45) is 0 Å². The molecule has 0 unspecified atom stereocenters. The van der Waals surface area contributed by atoms with Crippen molar-refractivity contribution in [2.45, 2.75) is 52.8 Å². The number of pyridine rings is 1. The van der Waals surface area contributed by atoms with Crippen molar-refractivity contribution >= 4 is 35.3 Å². The molecule has 0 aliphatic carbocycles. The second-order valence-corrected chi connectivity index (χ2v) is 10.5. The molecule has 7 nitrogen and oxygen atoms in total. The number of aryl methyl sites for hydroxylation is 1. The summed E-state index contributed by atoms with van der Waals surface area (Å²) in [6.45, 7) is 10.4. The Labute approximate surface area is 245 Å². The zero-order chi connectivity index (χ0) is 28.4. The van der Waals surface area contributed by atoms with Crippen molar-refractivity contribution in [1.82, 2.24) is 14.7 Å². The number of aromatic nitrogens is 2. The van der Waals surface area contributed by atoms with Crippen LogP contribution >= 0.6 is 12.4 Å². The van der Waals surface area contributed by atoms with Gasteiger partial charge >= 0.3 is 0 Å². The number of hydrogen-bond donors (Lipinski definition) is 1. The Kier molecular flexibility index (Phi) is 9.38. The van der Waals surface area contributed by atoms with E-state index in [0.29, 0.717) is 47.8 Å². The highest BCUT2D eigenvalue weighted by molar-refractivity contribution is 5.94. The van der Waals surface area contributed by atoms with Crippen LogP contribution in [-0.4, -0.2) is 47.1 Å². The first-order valence-electron chi connectivity index (χ1n) is 13.7. The van der Waals surface area contributed by atoms with Crippen molar-refractivity contribution in [3.05, 3.63) is 89.4 Å². The van der Waals surface area contributed by atoms with Crippen molar-refractivity contribution in [1.29, 1.82) is 0 Å². The highest BCUT2D eigenvalue weighted by Gasteiger charge is 2.26. The number of amides is 1. The lowest BCUT2D eigenvalue weighted by atomic mass is 10.1. The molecule has 2 aromatic carbocycles. The summed E-state index contributed by atoms with van der Waals surface area (Å²) in [7, 11) is 0. The second-order valence-electron chi connectivity index (χ2n) is 10.5. The van der Waals surface area contributed by atoms with Gasteiger partial charge in [-0.3, -0.25) is 9.20 Å². The van der Waals surface area contributed by atoms with E-state index in [1.807, 2.05) is 39.0 Å². The molecular weight excluding hydrogens is 548 g/mol. The number of fused-ring (bicyclic) bond motifs is 1. The SMILES string of the molecule is CCc1nc2cc(F)ccn2c1C(=O)NCc1ccc(N2CCN(c3ccc(OC(C)C)cc3)[C@@H](C)C2)c(F)c1.Cl. The Morgan fingerprint density at radius 2 is 1.85 bits per heavy atom. The Morgan fingerprint density at radius 3 is 2.51 bits per heavy atom. The number of anilines is 2. The molecule has 5 rings (SSSR count). The molecular formula is C31H36ClF2N5O2. The topological polar surface area (TPSA) is 62.1 Å². The van der Waals surface area contributed by atoms with Gasteiger partial charge in [0, 0.05) is 50.2 Å². The molecule has 10 heteroatoms. The van der Waals surface area contributed by atoms with Crippen LogP contribution in [0.15, 0.2) is 60.8 Å². The summed E-state index contributed by atoms with van der Waals surface area (Å²) < 4.78 is 36.2. The summed E-state index contributed by atoms with van der Waals surface area (Å²) in [5.74, 6) is -0.219. The molecule has 218 valence electrons. The smallest absolute Gasteiger partial charge is 0.270 e. The molecule has 0 bridgehead atoms. The molecule has 1 fully saturated rings. The Bertz CT molecular complexity index is 1510. The van der Waals surface area contributed by atoms with Crippen LogP contribution in [0, 0.1) is 11.6 Å². The molecule has 1 saturated heterocycles. The van der Waals surface area contributed by atoms with E-state index in [-0.39, 0.29) is 42.8 Å². The van der Waals surface area contributed by atoms with Gasteiger partial charge in [0.2, 0.25) is 0 Å². The molecule has 0 radical (unpaired) electrons. The fourth-order valence-electron chi connectivity index (χ4n) is 5.29. The molecule has 1 aliphatic heterocycles. The highest BCUT2D eigenvalue weighted by Crippen LogP contribution is 2.28. The van der Waals surface area contributed by atoms with E-state index in [1.165, 1.54) is 24.4 Å². The van der Waals surface area contributed by atoms with Gasteiger partial charge in [0.1, 0.15) is 28.7 Å². The maximum atomic E-state index is 15.3. The minimum Gasteiger partial charge on any atom is -0.491 e. The molecule has 41 heavy (non-hydrogen) atoms. The molecule has 1 N–H and O–H groups in total. The van der Waals surface area contributed by atoms with Crippen LogP contribution in [0.3, 0.4) is 0 Å². The maximum absolute atomic E-state index is 15.3. The van der Waals surface area contributed by atoms with Crippen LogP contribution in [0.25, 0.3) is 5.65 Å². The van der Waals surface area contributed by atoms with Gasteiger partial charge in [-0.15, -0.1) is 12.4 Å². The van der Waals surface area contributed by atoms with Gasteiger partial charge in [-0.25, -0.2) is 13.8 Å². The zero-order valence-corrected chi connectivity index (χ0v) is 24.5. The number of benzene rings is 2. The predicted molar refractivity (Wildman–Crippen MR) is 161 cm³/mol. The summed E-state index contributed by atoms with van der Waals surface area (Å²) in [6.07, 6.45) is 2.15. The van der Waals surface area contributed by atoms with E-state index in [1.54, 1.807) is 10.5 Å². The number of carbonyl (C=O) groups is 1. The lowest BCUT2D eigenvalue weighted by molar-refractivity contribution is 0.0944. The van der Waals surface area contributed by atoms with E-state index < -0.39 is 5.82 Å². The highest BCUT2D eigenvalue weighted by atomic mass is 35.5. The standard InChI is InChI=1S/C31H35F2N5O2.ClH/c1-5-27-30(38-13-12-23(32)17-29(38)35-27)31(39)34-18-22-6-11-28(26(33)16-22)36-14-15-37(21(4)19-36)24-7-9-25(10-8-24)40-20(2)3;/h6-13,16-17,20-21H,5,14-15,18-19H2,1-4H3,(H,34,39);1H/t21-;/m0./s1. The minimum absolute atomic E-state index is 0. The van der Waals surface area contributed by atoms with E-state index >= 15 is 4.39 Å². The first-order valence-corrected chi connectivity index (χ1v) is 13.7. The van der Waals surface area contributed by atoms with Gasteiger partial charge in [0.25, 0.3) is 5.91 Å². The van der Waals surface area contributed by atoms with Gasteiger partial charge in [0.05, 0.1) is 17.5 Å². The van der Waals surface area contributed by atoms with Crippen LogP contribution < -0.4 is 19.9 Å². The monoisotopic (exact) mass is 583 g/mol. The molecule has 0 spiro atoms. The number of nitrogens with one attached hydrogen (secondary N) is 1. The maximum Gasteiger partial charge on any atom is 0.270 e. The number of halogens is 3. The zero-order valence-electron chi connectivity index (χ0n) is 23.7. The third-order valence-electron chi connectivity index (χ3n) is 7.18. The molecule has 1 aliphatic rings. The fraction of sp³-hybridized carbons (Fsp3) is 0.355. The summed E-state index contributed by atoms with van der Waals surface area (Å²) in [4.78, 5) is 21.8. The average molecular weight is 584 g/mol. The van der Waals surface area contributed by atoms with Gasteiger partial charge < -0.3 is 19.9 Å². The molecule has 0 saturated carbocycles. The Balaban J connectivity index is 0.00000387. The van der Waals surface area contributed by atoms with Crippen LogP contribution in [0.2, 0.25) is 0 Å². The summed E-state index contributed by atoms with van der Waals surface area (Å²) in [6, 6.07) is 16.0. The normalized spacial score (nSPS) is 15.2. The quantitative estimate of drug-likeness (QED) is 0.274. The number of carbonyl (C=O) groups excluding carboxylic acids is 1. The summed E-state index contributed by atoms with van der Waals surface area (Å²) in [5, 5.41) is 2.86. The van der Waals surface area contributed by atoms with Gasteiger partial charge in [-0.2, -0.15) is 0 Å². The van der Waals surface area contributed by atoms with Crippen molar-refractivity contribution in [3.63, 3.8) is 0 Å². The third-order valence-corrected chi connectivity index (χ3v) is 7.18. The van der Waals surface area contributed by atoms with Crippen molar-refractivity contribution in [2.75, 3.05) is 29.4 Å². The predicted octanol–water partition coefficient (Wildman–Crippen LogP) is 6.03. The Morgan fingerprint density at radius 1 is 1.10 bits per heavy atom. The molecule has 2 aromatic heterocycles. The van der Waals surface area contributed by atoms with Crippen LogP contribution in [0.1, 0.15) is 49.4 Å². The van der Waals surface area contributed by atoms with Crippen molar-refractivity contribution in [3.8, 4) is 5.75 Å². The van der Waals surface area contributed by atoms with Crippen LogP contribution in [0.5, 0.6) is 5.75 Å². The number of ether oxygens (including phenoxy) is 1. The number of nitrogens with zero attached hydrogens (tertiary/aromatic N) is 4. The van der Waals surface area contributed by atoms with Gasteiger partial charge in [-0.05, 0) is 75.2 Å². The molecule has 4 aromatic rings. The van der Waals surface area contributed by atoms with Crippen LogP contribution in [0.4, 0.5) is 20.2 Å². The van der Waals surface area contributed by atoms with Gasteiger partial charge in [0.15, 0.2) is 0 Å². The molecule has 1 amide bonds. The number of hydrogen-bond acceptors (Lipinski definition) is 5. The Hall–Kier alpha value is -3.85. The number of piperazine rings is 1. The van der Waals surface area contributed by atoms with Gasteiger partial charge in [-0.1, -0.05) is 13.0 Å².